The molecule has 0 aliphatic rings. The highest BCUT2D eigenvalue weighted by molar-refractivity contribution is 9.10. The molecule has 0 aliphatic carbocycles. The van der Waals surface area contributed by atoms with Crippen LogP contribution in [0.2, 0.25) is 0 Å². The largest absolute Gasteiger partial charge is 0.346 e. The van der Waals surface area contributed by atoms with E-state index in [1.807, 2.05) is 24.3 Å². The lowest BCUT2D eigenvalue weighted by Crippen LogP contribution is -2.35. The number of halogens is 1. The van der Waals surface area contributed by atoms with Crippen LogP contribution in [0.25, 0.3) is 0 Å². The molecular weight excluding hydrogens is 258 g/mol. The van der Waals surface area contributed by atoms with Gasteiger partial charge in [0.2, 0.25) is 5.91 Å². The summed E-state index contributed by atoms with van der Waals surface area (Å²) in [5.74, 6) is -0.191. The zero-order chi connectivity index (χ0) is 11.3. The normalized spacial score (nSPS) is 11.9. The van der Waals surface area contributed by atoms with Gasteiger partial charge in [0.1, 0.15) is 6.29 Å². The first-order valence-corrected chi connectivity index (χ1v) is 5.38. The number of nitrogens with one attached hydrogen (secondary N) is 1. The number of hydrogen-bond acceptors (Lipinski definition) is 2. The third kappa shape index (κ3) is 4.25. The maximum absolute atomic E-state index is 10.8. The average Bonchev–Trinajstić information content (AvgIpc) is 2.19. The predicted molar refractivity (Wildman–Crippen MR) is 61.5 cm³/mol. The Kier molecular flexibility index (Phi) is 4.49. The van der Waals surface area contributed by atoms with Gasteiger partial charge in [0.05, 0.1) is 6.04 Å². The summed E-state index contributed by atoms with van der Waals surface area (Å²) in [6, 6.07) is 7.21. The SMILES string of the molecule is CC(=O)N[C@@H](C=O)Cc1ccc(Br)cc1. The molecule has 1 aromatic carbocycles. The molecule has 0 bridgehead atoms. The van der Waals surface area contributed by atoms with Gasteiger partial charge in [-0.2, -0.15) is 0 Å². The molecule has 3 nitrogen and oxygen atoms in total. The van der Waals surface area contributed by atoms with Crippen LogP contribution in [0.5, 0.6) is 0 Å². The monoisotopic (exact) mass is 269 g/mol. The number of rotatable bonds is 4. The van der Waals surface area contributed by atoms with E-state index in [0.29, 0.717) is 6.42 Å². The lowest BCUT2D eigenvalue weighted by atomic mass is 10.1. The van der Waals surface area contributed by atoms with E-state index in [9.17, 15) is 9.59 Å². The summed E-state index contributed by atoms with van der Waals surface area (Å²) in [6.07, 6.45) is 1.28. The van der Waals surface area contributed by atoms with Crippen molar-refractivity contribution in [2.45, 2.75) is 19.4 Å². The molecule has 0 heterocycles. The fraction of sp³-hybridized carbons (Fsp3) is 0.273. The average molecular weight is 270 g/mol. The summed E-state index contributed by atoms with van der Waals surface area (Å²) in [4.78, 5) is 21.5. The fourth-order valence-corrected chi connectivity index (χ4v) is 1.53. The third-order valence-corrected chi connectivity index (χ3v) is 2.45. The molecule has 0 fully saturated rings. The molecule has 0 aliphatic heterocycles. The van der Waals surface area contributed by atoms with E-state index in [-0.39, 0.29) is 5.91 Å². The minimum Gasteiger partial charge on any atom is -0.346 e. The van der Waals surface area contributed by atoms with Crippen molar-refractivity contribution in [2.24, 2.45) is 0 Å². The second-order valence-electron chi connectivity index (χ2n) is 3.27. The van der Waals surface area contributed by atoms with Crippen LogP contribution in [0.1, 0.15) is 12.5 Å². The van der Waals surface area contributed by atoms with Gasteiger partial charge in [-0.3, -0.25) is 4.79 Å². The molecule has 15 heavy (non-hydrogen) atoms. The van der Waals surface area contributed by atoms with E-state index in [1.54, 1.807) is 0 Å². The van der Waals surface area contributed by atoms with Crippen LogP contribution in [0.3, 0.4) is 0 Å². The quantitative estimate of drug-likeness (QED) is 0.846. The first-order valence-electron chi connectivity index (χ1n) is 4.58. The molecule has 0 saturated heterocycles. The van der Waals surface area contributed by atoms with Crippen molar-refractivity contribution in [3.05, 3.63) is 34.3 Å². The summed E-state index contributed by atoms with van der Waals surface area (Å²) >= 11 is 3.33. The maximum atomic E-state index is 10.8. The summed E-state index contributed by atoms with van der Waals surface area (Å²) in [5, 5.41) is 2.57. The highest BCUT2D eigenvalue weighted by Gasteiger charge is 2.08. The number of carbonyl (C=O) groups is 2. The predicted octanol–water partition coefficient (Wildman–Crippen LogP) is 1.70. The van der Waals surface area contributed by atoms with Crippen LogP contribution < -0.4 is 5.32 Å². The Morgan fingerprint density at radius 3 is 2.53 bits per heavy atom. The minimum absolute atomic E-state index is 0.191. The Morgan fingerprint density at radius 2 is 2.07 bits per heavy atom. The molecule has 0 saturated carbocycles. The molecule has 0 spiro atoms. The van der Waals surface area contributed by atoms with Gasteiger partial charge < -0.3 is 10.1 Å². The van der Waals surface area contributed by atoms with Gasteiger partial charge >= 0.3 is 0 Å². The van der Waals surface area contributed by atoms with Crippen molar-refractivity contribution in [2.75, 3.05) is 0 Å². The first-order chi connectivity index (χ1) is 7.11. The highest BCUT2D eigenvalue weighted by atomic mass is 79.9. The van der Waals surface area contributed by atoms with Gasteiger partial charge in [-0.1, -0.05) is 28.1 Å². The van der Waals surface area contributed by atoms with Gasteiger partial charge in [0.15, 0.2) is 0 Å². The Balaban J connectivity index is 2.62. The smallest absolute Gasteiger partial charge is 0.217 e. The molecule has 0 radical (unpaired) electrons. The molecular formula is C11H12BrNO2. The van der Waals surface area contributed by atoms with Crippen molar-refractivity contribution >= 4 is 28.1 Å². The maximum Gasteiger partial charge on any atom is 0.217 e. The Labute approximate surface area is 97.0 Å². The summed E-state index contributed by atoms with van der Waals surface area (Å²) in [7, 11) is 0. The van der Waals surface area contributed by atoms with Crippen LogP contribution in [-0.2, 0) is 16.0 Å². The Hall–Kier alpha value is -1.16. The highest BCUT2D eigenvalue weighted by Crippen LogP contribution is 2.11. The lowest BCUT2D eigenvalue weighted by Gasteiger charge is -2.10. The summed E-state index contributed by atoms with van der Waals surface area (Å²) in [5.41, 5.74) is 1.02. The van der Waals surface area contributed by atoms with Crippen LogP contribution in [0, 0.1) is 0 Å². The van der Waals surface area contributed by atoms with Crippen molar-refractivity contribution in [1.29, 1.82) is 0 Å². The van der Waals surface area contributed by atoms with E-state index in [1.165, 1.54) is 6.92 Å². The standard InChI is InChI=1S/C11H12BrNO2/c1-8(15)13-11(7-14)6-9-2-4-10(12)5-3-9/h2-5,7,11H,6H2,1H3,(H,13,15)/t11-/m1/s1. The van der Waals surface area contributed by atoms with Crippen molar-refractivity contribution < 1.29 is 9.59 Å². The molecule has 1 N–H and O–H groups in total. The van der Waals surface area contributed by atoms with Crippen LogP contribution in [-0.4, -0.2) is 18.2 Å². The van der Waals surface area contributed by atoms with Crippen molar-refractivity contribution in [1.82, 2.24) is 5.32 Å². The lowest BCUT2D eigenvalue weighted by molar-refractivity contribution is -0.122. The second-order valence-corrected chi connectivity index (χ2v) is 4.19. The number of benzene rings is 1. The zero-order valence-corrected chi connectivity index (χ0v) is 9.95. The van der Waals surface area contributed by atoms with E-state index >= 15 is 0 Å². The van der Waals surface area contributed by atoms with Crippen molar-refractivity contribution in [3.8, 4) is 0 Å². The van der Waals surface area contributed by atoms with Crippen molar-refractivity contribution in [3.63, 3.8) is 0 Å². The molecule has 1 aromatic rings. The second kappa shape index (κ2) is 5.66. The van der Waals surface area contributed by atoms with E-state index < -0.39 is 6.04 Å². The van der Waals surface area contributed by atoms with Gasteiger partial charge in [-0.05, 0) is 24.1 Å². The topological polar surface area (TPSA) is 46.2 Å². The van der Waals surface area contributed by atoms with Crippen LogP contribution >= 0.6 is 15.9 Å². The fourth-order valence-electron chi connectivity index (χ4n) is 1.27. The number of aldehydes is 1. The zero-order valence-electron chi connectivity index (χ0n) is 8.37. The van der Waals surface area contributed by atoms with Gasteiger partial charge in [-0.25, -0.2) is 0 Å². The number of carbonyl (C=O) groups excluding carboxylic acids is 2. The van der Waals surface area contributed by atoms with E-state index in [0.717, 1.165) is 16.3 Å². The Bertz CT molecular complexity index is 348. The molecule has 4 heteroatoms. The van der Waals surface area contributed by atoms with Gasteiger partial charge in [0.25, 0.3) is 0 Å². The molecule has 0 unspecified atom stereocenters. The molecule has 0 aromatic heterocycles. The summed E-state index contributed by atoms with van der Waals surface area (Å²) < 4.78 is 0.994. The number of hydrogen-bond donors (Lipinski definition) is 1. The number of amides is 1. The van der Waals surface area contributed by atoms with E-state index in [2.05, 4.69) is 21.2 Å². The third-order valence-electron chi connectivity index (χ3n) is 1.92. The molecule has 1 rings (SSSR count). The van der Waals surface area contributed by atoms with Gasteiger partial charge in [-0.15, -0.1) is 0 Å². The minimum atomic E-state index is -0.441. The Morgan fingerprint density at radius 1 is 1.47 bits per heavy atom. The van der Waals surface area contributed by atoms with Gasteiger partial charge in [0, 0.05) is 11.4 Å². The molecule has 80 valence electrons. The van der Waals surface area contributed by atoms with Crippen LogP contribution in [0.4, 0.5) is 0 Å². The summed E-state index contributed by atoms with van der Waals surface area (Å²) in [6.45, 7) is 1.40. The van der Waals surface area contributed by atoms with E-state index in [4.69, 9.17) is 0 Å². The van der Waals surface area contributed by atoms with Crippen LogP contribution in [0.15, 0.2) is 28.7 Å². The molecule has 1 amide bonds. The molecule has 1 atom stereocenters. The first kappa shape index (κ1) is 11.9.